The normalized spacial score (nSPS) is 18.7. The van der Waals surface area contributed by atoms with Gasteiger partial charge < -0.3 is 14.4 Å². The molecule has 4 nitrogen and oxygen atoms in total. The van der Waals surface area contributed by atoms with Crippen LogP contribution >= 0.6 is 0 Å². The average Bonchev–Trinajstić information content (AvgIpc) is 2.35. The van der Waals surface area contributed by atoms with Gasteiger partial charge in [0, 0.05) is 45.5 Å². The molecule has 1 aliphatic carbocycles. The van der Waals surface area contributed by atoms with Crippen LogP contribution < -0.4 is 0 Å². The van der Waals surface area contributed by atoms with Crippen molar-refractivity contribution >= 4 is 5.78 Å². The van der Waals surface area contributed by atoms with E-state index in [0.717, 1.165) is 37.9 Å². The highest BCUT2D eigenvalue weighted by molar-refractivity contribution is 5.95. The van der Waals surface area contributed by atoms with E-state index in [4.69, 9.17) is 9.47 Å². The van der Waals surface area contributed by atoms with Gasteiger partial charge in [-0.2, -0.15) is 0 Å². The quantitative estimate of drug-likeness (QED) is 0.635. The van der Waals surface area contributed by atoms with Gasteiger partial charge in [0.2, 0.25) is 0 Å². The molecule has 0 unspecified atom stereocenters. The van der Waals surface area contributed by atoms with Crippen molar-refractivity contribution in [1.29, 1.82) is 0 Å². The minimum Gasteiger partial charge on any atom is -0.383 e. The zero-order valence-electron chi connectivity index (χ0n) is 10.9. The summed E-state index contributed by atoms with van der Waals surface area (Å²) in [6, 6.07) is 0. The molecule has 0 aromatic rings. The Morgan fingerprint density at radius 2 is 1.71 bits per heavy atom. The first-order chi connectivity index (χ1) is 8.27. The zero-order valence-corrected chi connectivity index (χ0v) is 10.9. The molecule has 0 radical (unpaired) electrons. The Balaban J connectivity index is 2.54. The van der Waals surface area contributed by atoms with E-state index in [1.807, 2.05) is 6.20 Å². The van der Waals surface area contributed by atoms with Gasteiger partial charge in [-0.05, 0) is 19.3 Å². The summed E-state index contributed by atoms with van der Waals surface area (Å²) in [5.74, 6) is 0.302. The third-order valence-electron chi connectivity index (χ3n) is 2.96. The highest BCUT2D eigenvalue weighted by atomic mass is 16.5. The minimum absolute atomic E-state index is 0.302. The zero-order chi connectivity index (χ0) is 12.5. The molecular weight excluding hydrogens is 218 g/mol. The van der Waals surface area contributed by atoms with Crippen molar-refractivity contribution in [3.63, 3.8) is 0 Å². The molecule has 0 aromatic carbocycles. The Labute approximate surface area is 104 Å². The van der Waals surface area contributed by atoms with E-state index in [1.54, 1.807) is 14.2 Å². The fourth-order valence-corrected chi connectivity index (χ4v) is 1.92. The lowest BCUT2D eigenvalue weighted by Crippen LogP contribution is -2.27. The molecule has 98 valence electrons. The molecule has 0 heterocycles. The first kappa shape index (κ1) is 14.2. The van der Waals surface area contributed by atoms with Gasteiger partial charge in [0.25, 0.3) is 0 Å². The molecule has 1 saturated carbocycles. The number of ketones is 1. The number of ether oxygens (including phenoxy) is 2. The van der Waals surface area contributed by atoms with E-state index >= 15 is 0 Å². The van der Waals surface area contributed by atoms with Crippen molar-refractivity contribution in [2.75, 3.05) is 40.5 Å². The van der Waals surface area contributed by atoms with Gasteiger partial charge in [-0.1, -0.05) is 0 Å². The average molecular weight is 241 g/mol. The lowest BCUT2D eigenvalue weighted by Gasteiger charge is -2.22. The van der Waals surface area contributed by atoms with Gasteiger partial charge in [0.15, 0.2) is 5.78 Å². The van der Waals surface area contributed by atoms with Crippen molar-refractivity contribution in [2.24, 2.45) is 0 Å². The molecule has 0 aliphatic heterocycles. The van der Waals surface area contributed by atoms with Crippen molar-refractivity contribution in [2.45, 2.75) is 25.7 Å². The number of methoxy groups -OCH3 is 2. The lowest BCUT2D eigenvalue weighted by atomic mass is 9.94. The number of carbonyl (C=O) groups is 1. The van der Waals surface area contributed by atoms with Gasteiger partial charge in [-0.25, -0.2) is 0 Å². The van der Waals surface area contributed by atoms with Crippen LogP contribution in [0.15, 0.2) is 11.8 Å². The van der Waals surface area contributed by atoms with Gasteiger partial charge >= 0.3 is 0 Å². The summed E-state index contributed by atoms with van der Waals surface area (Å²) < 4.78 is 10.1. The molecule has 0 aromatic heterocycles. The Morgan fingerprint density at radius 1 is 1.12 bits per heavy atom. The predicted molar refractivity (Wildman–Crippen MR) is 66.9 cm³/mol. The second-order valence-electron chi connectivity index (χ2n) is 4.31. The Bertz CT molecular complexity index is 255. The first-order valence-corrected chi connectivity index (χ1v) is 6.23. The number of carbonyl (C=O) groups excluding carboxylic acids is 1. The number of nitrogens with zero attached hydrogens (tertiary/aromatic N) is 1. The Hall–Kier alpha value is -0.870. The third kappa shape index (κ3) is 5.33. The van der Waals surface area contributed by atoms with E-state index in [9.17, 15) is 4.79 Å². The van der Waals surface area contributed by atoms with Gasteiger partial charge in [0.1, 0.15) is 0 Å². The fourth-order valence-electron chi connectivity index (χ4n) is 1.92. The molecule has 17 heavy (non-hydrogen) atoms. The molecule has 0 bridgehead atoms. The maximum absolute atomic E-state index is 11.7. The third-order valence-corrected chi connectivity index (χ3v) is 2.96. The molecule has 4 heteroatoms. The second kappa shape index (κ2) is 8.25. The molecule has 0 atom stereocenters. The summed E-state index contributed by atoms with van der Waals surface area (Å²) in [6.07, 6.45) is 5.77. The van der Waals surface area contributed by atoms with E-state index in [2.05, 4.69) is 4.90 Å². The van der Waals surface area contributed by atoms with Crippen LogP contribution in [0, 0.1) is 0 Å². The van der Waals surface area contributed by atoms with Crippen LogP contribution in [-0.4, -0.2) is 51.2 Å². The van der Waals surface area contributed by atoms with E-state index < -0.39 is 0 Å². The molecule has 0 saturated heterocycles. The number of allylic oxidation sites excluding steroid dienone is 1. The van der Waals surface area contributed by atoms with Crippen LogP contribution in [-0.2, 0) is 14.3 Å². The Kier molecular flexibility index (Phi) is 6.89. The van der Waals surface area contributed by atoms with Crippen LogP contribution in [0.4, 0.5) is 0 Å². The highest BCUT2D eigenvalue weighted by Crippen LogP contribution is 2.20. The van der Waals surface area contributed by atoms with Crippen LogP contribution in [0.1, 0.15) is 25.7 Å². The van der Waals surface area contributed by atoms with Crippen LogP contribution in [0.3, 0.4) is 0 Å². The lowest BCUT2D eigenvalue weighted by molar-refractivity contribution is -0.116. The molecule has 0 N–H and O–H groups in total. The standard InChI is InChI=1S/C13H23NO3/c1-16-9-7-14(8-10-17-2)11-12-5-3-4-6-13(12)15/h11H,3-10H2,1-2H3. The number of hydrogen-bond acceptors (Lipinski definition) is 4. The number of rotatable bonds is 7. The summed E-state index contributed by atoms with van der Waals surface area (Å²) in [5.41, 5.74) is 0.962. The number of hydrogen-bond donors (Lipinski definition) is 0. The minimum atomic E-state index is 0.302. The van der Waals surface area contributed by atoms with Crippen molar-refractivity contribution in [3.05, 3.63) is 11.8 Å². The molecule has 1 fully saturated rings. The maximum Gasteiger partial charge on any atom is 0.160 e. The first-order valence-electron chi connectivity index (χ1n) is 6.23. The van der Waals surface area contributed by atoms with Crippen LogP contribution in [0.5, 0.6) is 0 Å². The molecule has 1 rings (SSSR count). The smallest absolute Gasteiger partial charge is 0.160 e. The fraction of sp³-hybridized carbons (Fsp3) is 0.769. The molecule has 0 spiro atoms. The maximum atomic E-state index is 11.7. The monoisotopic (exact) mass is 241 g/mol. The summed E-state index contributed by atoms with van der Waals surface area (Å²) in [6.45, 7) is 2.94. The van der Waals surface area contributed by atoms with Crippen molar-refractivity contribution < 1.29 is 14.3 Å². The SMILES string of the molecule is COCCN(C=C1CCCCC1=O)CCOC. The summed E-state index contributed by atoms with van der Waals surface area (Å²) in [4.78, 5) is 13.8. The summed E-state index contributed by atoms with van der Waals surface area (Å²) in [7, 11) is 3.38. The van der Waals surface area contributed by atoms with E-state index in [0.29, 0.717) is 25.4 Å². The van der Waals surface area contributed by atoms with Gasteiger partial charge in [-0.3, -0.25) is 4.79 Å². The molecule has 0 amide bonds. The van der Waals surface area contributed by atoms with Crippen LogP contribution in [0.2, 0.25) is 0 Å². The predicted octanol–water partition coefficient (Wildman–Crippen LogP) is 1.61. The van der Waals surface area contributed by atoms with Crippen molar-refractivity contribution in [1.82, 2.24) is 4.90 Å². The highest BCUT2D eigenvalue weighted by Gasteiger charge is 2.15. The molecule has 1 aliphatic rings. The molecular formula is C13H23NO3. The van der Waals surface area contributed by atoms with Gasteiger partial charge in [0.05, 0.1) is 13.2 Å². The number of Topliss-reactive ketones (excluding diaryl/α,β-unsaturated/α-hetero) is 1. The summed E-state index contributed by atoms with van der Waals surface area (Å²) >= 11 is 0. The van der Waals surface area contributed by atoms with Crippen LogP contribution in [0.25, 0.3) is 0 Å². The van der Waals surface area contributed by atoms with E-state index in [-0.39, 0.29) is 0 Å². The van der Waals surface area contributed by atoms with Crippen molar-refractivity contribution in [3.8, 4) is 0 Å². The van der Waals surface area contributed by atoms with Gasteiger partial charge in [-0.15, -0.1) is 0 Å². The topological polar surface area (TPSA) is 38.8 Å². The second-order valence-corrected chi connectivity index (χ2v) is 4.31. The Morgan fingerprint density at radius 3 is 2.24 bits per heavy atom. The van der Waals surface area contributed by atoms with E-state index in [1.165, 1.54) is 0 Å². The largest absolute Gasteiger partial charge is 0.383 e. The summed E-state index contributed by atoms with van der Waals surface area (Å²) in [5, 5.41) is 0.